The first-order chi connectivity index (χ1) is 10.5. The van der Waals surface area contributed by atoms with Crippen LogP contribution in [0.5, 0.6) is 0 Å². The molecule has 2 rings (SSSR count). The lowest BCUT2D eigenvalue weighted by molar-refractivity contribution is 0.781. The number of hydrogen-bond acceptors (Lipinski definition) is 0. The molecule has 2 heteroatoms. The Morgan fingerprint density at radius 2 is 1.18 bits per heavy atom. The smallest absolute Gasteiger partial charge is 0.0182 e. The molecule has 0 saturated carbocycles. The van der Waals surface area contributed by atoms with Crippen LogP contribution >= 0.6 is 15.8 Å². The van der Waals surface area contributed by atoms with Gasteiger partial charge in [-0.05, 0) is 49.1 Å². The van der Waals surface area contributed by atoms with E-state index < -0.39 is 0 Å². The van der Waals surface area contributed by atoms with Crippen LogP contribution in [0.3, 0.4) is 0 Å². The molecule has 0 aliphatic heterocycles. The Bertz CT molecular complexity index is 503. The van der Waals surface area contributed by atoms with E-state index in [0.29, 0.717) is 5.16 Å². The Hall–Kier alpha value is -0.700. The van der Waals surface area contributed by atoms with Gasteiger partial charge in [0.25, 0.3) is 0 Å². The van der Waals surface area contributed by atoms with Gasteiger partial charge in [-0.15, -0.1) is 7.92 Å². The van der Waals surface area contributed by atoms with Crippen molar-refractivity contribution in [1.82, 2.24) is 0 Å². The Balaban J connectivity index is 2.07. The van der Waals surface area contributed by atoms with Gasteiger partial charge >= 0.3 is 0 Å². The highest BCUT2D eigenvalue weighted by atomic mass is 31.1. The molecule has 0 saturated heterocycles. The maximum absolute atomic E-state index is 2.46. The lowest BCUT2D eigenvalue weighted by Gasteiger charge is -2.28. The second-order valence-electron chi connectivity index (χ2n) is 6.77. The molecule has 0 spiro atoms. The minimum absolute atomic E-state index is 0.120. The summed E-state index contributed by atoms with van der Waals surface area (Å²) < 4.78 is 0. The van der Waals surface area contributed by atoms with E-state index in [1.165, 1.54) is 29.4 Å². The van der Waals surface area contributed by atoms with E-state index >= 15 is 0 Å². The van der Waals surface area contributed by atoms with Gasteiger partial charge in [-0.1, -0.05) is 81.4 Å². The van der Waals surface area contributed by atoms with E-state index in [1.807, 2.05) is 0 Å². The fraction of sp³-hybridized carbons (Fsp3) is 0.400. The van der Waals surface area contributed by atoms with Crippen LogP contribution in [-0.4, -0.2) is 24.1 Å². The fourth-order valence-electron chi connectivity index (χ4n) is 2.42. The summed E-state index contributed by atoms with van der Waals surface area (Å²) >= 11 is 0. The van der Waals surface area contributed by atoms with Crippen LogP contribution in [0.25, 0.3) is 0 Å². The molecule has 0 aliphatic rings. The van der Waals surface area contributed by atoms with Crippen LogP contribution in [0, 0.1) is 0 Å². The van der Waals surface area contributed by atoms with Crippen LogP contribution in [-0.2, 0) is 0 Å². The van der Waals surface area contributed by atoms with Gasteiger partial charge in [-0.2, -0.15) is 0 Å². The second kappa shape index (κ2) is 8.24. The molecular formula is C20H28P2. The Morgan fingerprint density at radius 3 is 1.59 bits per heavy atom. The highest BCUT2D eigenvalue weighted by Gasteiger charge is 2.20. The number of hydrogen-bond donors (Lipinski definition) is 0. The van der Waals surface area contributed by atoms with Crippen molar-refractivity contribution in [2.75, 3.05) is 19.0 Å². The molecule has 1 atom stereocenters. The van der Waals surface area contributed by atoms with Gasteiger partial charge in [0.2, 0.25) is 0 Å². The molecule has 118 valence electrons. The molecule has 0 aliphatic carbocycles. The van der Waals surface area contributed by atoms with Crippen LogP contribution in [0.2, 0.25) is 0 Å². The molecule has 1 unspecified atom stereocenters. The van der Waals surface area contributed by atoms with Crippen LogP contribution in [0.1, 0.15) is 27.2 Å². The average Bonchev–Trinajstić information content (AvgIpc) is 2.52. The second-order valence-corrected chi connectivity index (χ2v) is 12.3. The van der Waals surface area contributed by atoms with Crippen molar-refractivity contribution in [1.29, 1.82) is 0 Å². The molecule has 22 heavy (non-hydrogen) atoms. The highest BCUT2D eigenvalue weighted by molar-refractivity contribution is 7.73. The van der Waals surface area contributed by atoms with Crippen molar-refractivity contribution >= 4 is 26.5 Å². The largest absolute Gasteiger partial charge is 0.104 e. The number of rotatable bonds is 6. The molecule has 0 fully saturated rings. The van der Waals surface area contributed by atoms with Gasteiger partial charge in [0.1, 0.15) is 0 Å². The Kier molecular flexibility index (Phi) is 6.61. The van der Waals surface area contributed by atoms with Crippen molar-refractivity contribution in [3.8, 4) is 0 Å². The minimum Gasteiger partial charge on any atom is -0.104 e. The topological polar surface area (TPSA) is 0 Å². The summed E-state index contributed by atoms with van der Waals surface area (Å²) in [5.74, 6) is 0. The summed E-state index contributed by atoms with van der Waals surface area (Å²) in [7, 11) is -0.0867. The number of benzene rings is 2. The summed E-state index contributed by atoms with van der Waals surface area (Å²) in [4.78, 5) is 0. The van der Waals surface area contributed by atoms with E-state index in [0.717, 1.165) is 0 Å². The standard InChI is InChI=1S/C20H28P2/c1-20(2,3)21(4)16-11-17-22(18-12-7-5-8-13-18)19-14-9-6-10-15-19/h5-10,12-15H,11,16-17H2,1-4H3. The minimum atomic E-state index is -0.207. The van der Waals surface area contributed by atoms with E-state index in [9.17, 15) is 0 Å². The third-order valence-corrected chi connectivity index (χ3v) is 10.0. The third-order valence-electron chi connectivity index (χ3n) is 4.16. The SMILES string of the molecule is CP(CCCP(c1ccccc1)c1ccccc1)C(C)(C)C. The molecular weight excluding hydrogens is 302 g/mol. The fourth-order valence-corrected chi connectivity index (χ4v) is 6.33. The third kappa shape index (κ3) is 5.19. The molecule has 2 aromatic carbocycles. The van der Waals surface area contributed by atoms with Crippen LogP contribution in [0.4, 0.5) is 0 Å². The average molecular weight is 330 g/mol. The Labute approximate surface area is 138 Å². The summed E-state index contributed by atoms with van der Waals surface area (Å²) in [6.45, 7) is 9.62. The summed E-state index contributed by atoms with van der Waals surface area (Å²) in [6, 6.07) is 22.2. The van der Waals surface area contributed by atoms with Gasteiger partial charge in [-0.3, -0.25) is 0 Å². The van der Waals surface area contributed by atoms with Crippen LogP contribution in [0.15, 0.2) is 60.7 Å². The zero-order chi connectivity index (χ0) is 16.0. The maximum atomic E-state index is 2.46. The van der Waals surface area contributed by atoms with E-state index in [-0.39, 0.29) is 15.8 Å². The van der Waals surface area contributed by atoms with E-state index in [1.54, 1.807) is 0 Å². The van der Waals surface area contributed by atoms with E-state index in [4.69, 9.17) is 0 Å². The lowest BCUT2D eigenvalue weighted by Crippen LogP contribution is -2.16. The first-order valence-corrected chi connectivity index (χ1v) is 11.6. The Morgan fingerprint density at radius 1 is 0.727 bits per heavy atom. The predicted octanol–water partition coefficient (Wildman–Crippen LogP) is 5.42. The zero-order valence-corrected chi connectivity index (χ0v) is 16.1. The van der Waals surface area contributed by atoms with E-state index in [2.05, 4.69) is 88.1 Å². The summed E-state index contributed by atoms with van der Waals surface area (Å²) in [5, 5.41) is 3.51. The maximum Gasteiger partial charge on any atom is -0.0182 e. The van der Waals surface area contributed by atoms with Crippen molar-refractivity contribution in [2.24, 2.45) is 0 Å². The highest BCUT2D eigenvalue weighted by Crippen LogP contribution is 2.47. The van der Waals surface area contributed by atoms with Crippen molar-refractivity contribution in [2.45, 2.75) is 32.3 Å². The monoisotopic (exact) mass is 330 g/mol. The summed E-state index contributed by atoms with van der Waals surface area (Å²) in [5.41, 5.74) is 0. The van der Waals surface area contributed by atoms with Gasteiger partial charge < -0.3 is 0 Å². The summed E-state index contributed by atoms with van der Waals surface area (Å²) in [6.07, 6.45) is 4.04. The van der Waals surface area contributed by atoms with Gasteiger partial charge in [0, 0.05) is 0 Å². The lowest BCUT2D eigenvalue weighted by atomic mass is 10.3. The van der Waals surface area contributed by atoms with Crippen LogP contribution < -0.4 is 10.6 Å². The molecule has 0 bridgehead atoms. The molecule has 0 amide bonds. The van der Waals surface area contributed by atoms with Crippen molar-refractivity contribution in [3.05, 3.63) is 60.7 Å². The molecule has 2 aromatic rings. The normalized spacial score (nSPS) is 13.3. The molecule has 0 N–H and O–H groups in total. The van der Waals surface area contributed by atoms with Crippen molar-refractivity contribution < 1.29 is 0 Å². The molecule has 0 aromatic heterocycles. The molecule has 0 radical (unpaired) electrons. The first kappa shape index (κ1) is 17.7. The quantitative estimate of drug-likeness (QED) is 0.620. The van der Waals surface area contributed by atoms with Gasteiger partial charge in [0.15, 0.2) is 0 Å². The predicted molar refractivity (Wildman–Crippen MR) is 106 cm³/mol. The first-order valence-electron chi connectivity index (χ1n) is 8.07. The van der Waals surface area contributed by atoms with Crippen molar-refractivity contribution in [3.63, 3.8) is 0 Å². The van der Waals surface area contributed by atoms with Gasteiger partial charge in [-0.25, -0.2) is 0 Å². The molecule has 0 nitrogen and oxygen atoms in total. The molecule has 0 heterocycles. The van der Waals surface area contributed by atoms with Gasteiger partial charge in [0.05, 0.1) is 0 Å². The zero-order valence-electron chi connectivity index (χ0n) is 14.3.